The van der Waals surface area contributed by atoms with Crippen LogP contribution in [-0.2, 0) is 11.2 Å². The molecule has 1 aromatic carbocycles. The van der Waals surface area contributed by atoms with Crippen molar-refractivity contribution in [3.63, 3.8) is 0 Å². The Bertz CT molecular complexity index is 573. The average Bonchev–Trinajstić information content (AvgIpc) is 2.90. The molecule has 0 aliphatic heterocycles. The minimum Gasteiger partial charge on any atom is -0.497 e. The lowest BCUT2D eigenvalue weighted by Crippen LogP contribution is -2.02. The van der Waals surface area contributed by atoms with Crippen LogP contribution in [0.3, 0.4) is 0 Å². The molecular weight excluding hydrogens is 244 g/mol. The predicted molar refractivity (Wildman–Crippen MR) is 70.8 cm³/mol. The van der Waals surface area contributed by atoms with Gasteiger partial charge >= 0.3 is 5.97 Å². The summed E-state index contributed by atoms with van der Waals surface area (Å²) in [6.07, 6.45) is 2.36. The van der Waals surface area contributed by atoms with E-state index in [0.29, 0.717) is 12.0 Å². The first-order chi connectivity index (χ1) is 9.19. The van der Waals surface area contributed by atoms with Gasteiger partial charge in [-0.2, -0.15) is 5.10 Å². The molecule has 2 aromatic rings. The summed E-state index contributed by atoms with van der Waals surface area (Å²) in [5.41, 5.74) is 2.09. The number of rotatable bonds is 4. The fraction of sp³-hybridized carbons (Fsp3) is 0.286. The van der Waals surface area contributed by atoms with Gasteiger partial charge in [0.2, 0.25) is 0 Å². The number of nitrogens with zero attached hydrogens (tertiary/aromatic N) is 2. The topological polar surface area (TPSA) is 53.4 Å². The van der Waals surface area contributed by atoms with Crippen LogP contribution in [0.15, 0.2) is 30.5 Å². The van der Waals surface area contributed by atoms with Gasteiger partial charge in [0.15, 0.2) is 0 Å². The fourth-order valence-electron chi connectivity index (χ4n) is 1.82. The highest BCUT2D eigenvalue weighted by Crippen LogP contribution is 2.17. The zero-order chi connectivity index (χ0) is 13.8. The summed E-state index contributed by atoms with van der Waals surface area (Å²) in [4.78, 5) is 11.6. The van der Waals surface area contributed by atoms with Crippen molar-refractivity contribution in [3.8, 4) is 11.4 Å². The Morgan fingerprint density at radius 1 is 1.26 bits per heavy atom. The highest BCUT2D eigenvalue weighted by molar-refractivity contribution is 5.90. The molecule has 0 unspecified atom stereocenters. The van der Waals surface area contributed by atoms with E-state index in [4.69, 9.17) is 9.47 Å². The first-order valence-electron chi connectivity index (χ1n) is 6.00. The lowest BCUT2D eigenvalue weighted by molar-refractivity contribution is 0.0599. The minimum absolute atomic E-state index is 0.364. The van der Waals surface area contributed by atoms with Crippen molar-refractivity contribution in [3.05, 3.63) is 41.7 Å². The first kappa shape index (κ1) is 13.1. The molecule has 1 heterocycles. The molecule has 0 radical (unpaired) electrons. The van der Waals surface area contributed by atoms with Gasteiger partial charge in [0.1, 0.15) is 11.3 Å². The van der Waals surface area contributed by atoms with E-state index in [1.165, 1.54) is 7.11 Å². The minimum atomic E-state index is -0.364. The van der Waals surface area contributed by atoms with Crippen molar-refractivity contribution in [1.29, 1.82) is 0 Å². The van der Waals surface area contributed by atoms with Crippen LogP contribution < -0.4 is 4.74 Å². The van der Waals surface area contributed by atoms with Crippen LogP contribution in [0.1, 0.15) is 23.0 Å². The van der Waals surface area contributed by atoms with Gasteiger partial charge in [-0.1, -0.05) is 6.92 Å². The second-order valence-corrected chi connectivity index (χ2v) is 3.98. The van der Waals surface area contributed by atoms with Crippen molar-refractivity contribution < 1.29 is 14.3 Å². The second-order valence-electron chi connectivity index (χ2n) is 3.98. The molecule has 1 aromatic heterocycles. The van der Waals surface area contributed by atoms with E-state index in [0.717, 1.165) is 17.1 Å². The number of carbonyl (C=O) groups is 1. The van der Waals surface area contributed by atoms with Crippen molar-refractivity contribution in [2.24, 2.45) is 0 Å². The molecule has 0 atom stereocenters. The number of methoxy groups -OCH3 is 2. The maximum atomic E-state index is 11.6. The highest BCUT2D eigenvalue weighted by Gasteiger charge is 2.16. The van der Waals surface area contributed by atoms with Gasteiger partial charge in [0.05, 0.1) is 25.6 Å². The SMILES string of the molecule is CCc1nn(-c2ccc(OC)cc2)cc1C(=O)OC. The number of hydrogen-bond donors (Lipinski definition) is 0. The van der Waals surface area contributed by atoms with Crippen LogP contribution >= 0.6 is 0 Å². The van der Waals surface area contributed by atoms with Gasteiger partial charge in [-0.15, -0.1) is 0 Å². The summed E-state index contributed by atoms with van der Waals surface area (Å²) in [5, 5.41) is 4.40. The maximum Gasteiger partial charge on any atom is 0.341 e. The molecule has 19 heavy (non-hydrogen) atoms. The van der Waals surface area contributed by atoms with Crippen LogP contribution in [0.2, 0.25) is 0 Å². The molecule has 5 heteroatoms. The van der Waals surface area contributed by atoms with Gasteiger partial charge < -0.3 is 9.47 Å². The molecule has 2 rings (SSSR count). The lowest BCUT2D eigenvalue weighted by Gasteiger charge is -2.03. The summed E-state index contributed by atoms with van der Waals surface area (Å²) in [5.74, 6) is 0.413. The summed E-state index contributed by atoms with van der Waals surface area (Å²) in [6.45, 7) is 1.95. The third-order valence-electron chi connectivity index (χ3n) is 2.87. The van der Waals surface area contributed by atoms with E-state index >= 15 is 0 Å². The Morgan fingerprint density at radius 2 is 1.95 bits per heavy atom. The van der Waals surface area contributed by atoms with Crippen molar-refractivity contribution in [1.82, 2.24) is 9.78 Å². The number of carbonyl (C=O) groups excluding carboxylic acids is 1. The van der Waals surface area contributed by atoms with Gasteiger partial charge in [0.25, 0.3) is 0 Å². The molecule has 0 amide bonds. The fourth-order valence-corrected chi connectivity index (χ4v) is 1.82. The van der Waals surface area contributed by atoms with E-state index in [-0.39, 0.29) is 5.97 Å². The smallest absolute Gasteiger partial charge is 0.341 e. The van der Waals surface area contributed by atoms with Crippen LogP contribution in [0.25, 0.3) is 5.69 Å². The van der Waals surface area contributed by atoms with Crippen molar-refractivity contribution >= 4 is 5.97 Å². The number of aromatic nitrogens is 2. The molecule has 0 fully saturated rings. The van der Waals surface area contributed by atoms with E-state index in [1.807, 2.05) is 31.2 Å². The average molecular weight is 260 g/mol. The van der Waals surface area contributed by atoms with Crippen LogP contribution in [0.4, 0.5) is 0 Å². The Kier molecular flexibility index (Phi) is 3.85. The molecule has 0 spiro atoms. The molecule has 0 saturated carbocycles. The molecular formula is C14H16N2O3. The molecule has 0 N–H and O–H groups in total. The lowest BCUT2D eigenvalue weighted by atomic mass is 10.2. The summed E-state index contributed by atoms with van der Waals surface area (Å²) in [7, 11) is 2.99. The highest BCUT2D eigenvalue weighted by atomic mass is 16.5. The normalized spacial score (nSPS) is 10.3. The Morgan fingerprint density at radius 3 is 2.47 bits per heavy atom. The van der Waals surface area contributed by atoms with E-state index < -0.39 is 0 Å². The monoisotopic (exact) mass is 260 g/mol. The number of aryl methyl sites for hydroxylation is 1. The number of esters is 1. The van der Waals surface area contributed by atoms with Gasteiger partial charge in [-0.3, -0.25) is 0 Å². The van der Waals surface area contributed by atoms with Crippen molar-refractivity contribution in [2.45, 2.75) is 13.3 Å². The second kappa shape index (κ2) is 5.56. The zero-order valence-corrected chi connectivity index (χ0v) is 11.2. The Balaban J connectivity index is 2.39. The van der Waals surface area contributed by atoms with E-state index in [1.54, 1.807) is 18.0 Å². The largest absolute Gasteiger partial charge is 0.497 e. The van der Waals surface area contributed by atoms with Gasteiger partial charge in [-0.25, -0.2) is 9.48 Å². The quantitative estimate of drug-likeness (QED) is 0.791. The molecule has 0 aliphatic rings. The number of hydrogen-bond acceptors (Lipinski definition) is 4. The van der Waals surface area contributed by atoms with Gasteiger partial charge in [-0.05, 0) is 30.7 Å². The van der Waals surface area contributed by atoms with Crippen LogP contribution in [0.5, 0.6) is 5.75 Å². The van der Waals surface area contributed by atoms with Crippen LogP contribution in [0, 0.1) is 0 Å². The number of ether oxygens (including phenoxy) is 2. The molecule has 0 saturated heterocycles. The Hall–Kier alpha value is -2.30. The Labute approximate surface area is 111 Å². The molecule has 0 aliphatic carbocycles. The zero-order valence-electron chi connectivity index (χ0n) is 11.2. The van der Waals surface area contributed by atoms with Gasteiger partial charge in [0, 0.05) is 6.20 Å². The first-order valence-corrected chi connectivity index (χ1v) is 6.00. The third-order valence-corrected chi connectivity index (χ3v) is 2.87. The molecule has 5 nitrogen and oxygen atoms in total. The standard InChI is InChI=1S/C14H16N2O3/c1-4-13-12(14(17)19-3)9-16(15-13)10-5-7-11(18-2)8-6-10/h5-9H,4H2,1-3H3. The summed E-state index contributed by atoms with van der Waals surface area (Å²) >= 11 is 0. The van der Waals surface area contributed by atoms with Crippen LogP contribution in [-0.4, -0.2) is 30.0 Å². The van der Waals surface area contributed by atoms with Crippen molar-refractivity contribution in [2.75, 3.05) is 14.2 Å². The third kappa shape index (κ3) is 2.59. The number of benzene rings is 1. The van der Waals surface area contributed by atoms with E-state index in [2.05, 4.69) is 5.10 Å². The molecule has 100 valence electrons. The van der Waals surface area contributed by atoms with E-state index in [9.17, 15) is 4.79 Å². The predicted octanol–water partition coefficient (Wildman–Crippen LogP) is 2.23. The summed E-state index contributed by atoms with van der Waals surface area (Å²) < 4.78 is 11.5. The molecule has 0 bridgehead atoms. The maximum absolute atomic E-state index is 11.6. The summed E-state index contributed by atoms with van der Waals surface area (Å²) in [6, 6.07) is 7.46.